The molecule has 3 aromatic rings. The van der Waals surface area contributed by atoms with E-state index in [9.17, 15) is 18.4 Å². The maximum absolute atomic E-state index is 14.5. The molecule has 0 saturated carbocycles. The molecule has 5 rings (SSSR count). The van der Waals surface area contributed by atoms with Gasteiger partial charge in [0.05, 0.1) is 18.8 Å². The number of amides is 1. The zero-order valence-corrected chi connectivity index (χ0v) is 20.2. The van der Waals surface area contributed by atoms with Gasteiger partial charge in [-0.2, -0.15) is 5.10 Å². The molecule has 0 bridgehead atoms. The largest absolute Gasteiger partial charge is 0.466 e. The fourth-order valence-corrected chi connectivity index (χ4v) is 5.27. The highest BCUT2D eigenvalue weighted by atomic mass is 19.1. The molecule has 2 aromatic heterocycles. The molecule has 2 saturated heterocycles. The Bertz CT molecular complexity index is 1270. The van der Waals surface area contributed by atoms with Crippen LogP contribution < -0.4 is 4.90 Å². The molecule has 1 amide bonds. The molecule has 0 spiro atoms. The van der Waals surface area contributed by atoms with Crippen molar-refractivity contribution in [3.05, 3.63) is 59.4 Å². The Hall–Kier alpha value is -3.56. The van der Waals surface area contributed by atoms with Crippen molar-refractivity contribution >= 4 is 23.3 Å². The van der Waals surface area contributed by atoms with Gasteiger partial charge in [0.2, 0.25) is 0 Å². The van der Waals surface area contributed by atoms with Crippen molar-refractivity contribution in [1.29, 1.82) is 0 Å². The summed E-state index contributed by atoms with van der Waals surface area (Å²) >= 11 is 0. The van der Waals surface area contributed by atoms with Gasteiger partial charge in [-0.3, -0.25) is 9.59 Å². The van der Waals surface area contributed by atoms with Gasteiger partial charge in [-0.15, -0.1) is 0 Å². The number of carbonyl (C=O) groups excluding carboxylic acids is 2. The third kappa shape index (κ3) is 4.76. The first-order chi connectivity index (χ1) is 17.4. The van der Waals surface area contributed by atoms with E-state index in [1.54, 1.807) is 28.6 Å². The van der Waals surface area contributed by atoms with Gasteiger partial charge in [-0.05, 0) is 62.8 Å². The summed E-state index contributed by atoms with van der Waals surface area (Å²) in [5, 5.41) is 4.30. The average Bonchev–Trinajstić information content (AvgIpc) is 3.53. The van der Waals surface area contributed by atoms with Crippen molar-refractivity contribution in [1.82, 2.24) is 19.5 Å². The van der Waals surface area contributed by atoms with Crippen molar-refractivity contribution in [3.63, 3.8) is 0 Å². The molecule has 36 heavy (non-hydrogen) atoms. The van der Waals surface area contributed by atoms with Crippen LogP contribution in [0.5, 0.6) is 0 Å². The van der Waals surface area contributed by atoms with Crippen molar-refractivity contribution in [2.24, 2.45) is 5.92 Å². The lowest BCUT2D eigenvalue weighted by atomic mass is 9.93. The summed E-state index contributed by atoms with van der Waals surface area (Å²) in [6.45, 7) is 3.91. The molecule has 2 fully saturated rings. The number of rotatable bonds is 6. The highest BCUT2D eigenvalue weighted by molar-refractivity contribution is 5.99. The van der Waals surface area contributed by atoms with Crippen LogP contribution in [0.1, 0.15) is 61.0 Å². The SMILES string of the molecule is CCOC(=O)CC1CCN(C(=O)c2cnn3ccc(N4CCC[C@@H]4c4cc(F)ccc4F)nc23)CC1. The summed E-state index contributed by atoms with van der Waals surface area (Å²) in [5.74, 6) is -0.468. The number of aromatic nitrogens is 3. The number of carbonyl (C=O) groups is 2. The third-order valence-corrected chi connectivity index (χ3v) is 7.11. The predicted octanol–water partition coefficient (Wildman–Crippen LogP) is 4.15. The van der Waals surface area contributed by atoms with Crippen LogP contribution in [0.25, 0.3) is 5.65 Å². The number of piperidine rings is 1. The number of fused-ring (bicyclic) bond motifs is 1. The molecule has 4 heterocycles. The Morgan fingerprint density at radius 1 is 1.11 bits per heavy atom. The minimum Gasteiger partial charge on any atom is -0.466 e. The minimum absolute atomic E-state index is 0.154. The summed E-state index contributed by atoms with van der Waals surface area (Å²) in [5.41, 5.74) is 1.13. The van der Waals surface area contributed by atoms with Crippen LogP contribution in [0.2, 0.25) is 0 Å². The quantitative estimate of drug-likeness (QED) is 0.476. The van der Waals surface area contributed by atoms with E-state index in [2.05, 4.69) is 5.10 Å². The lowest BCUT2D eigenvalue weighted by Gasteiger charge is -2.31. The maximum atomic E-state index is 14.5. The van der Waals surface area contributed by atoms with Gasteiger partial charge < -0.3 is 14.5 Å². The van der Waals surface area contributed by atoms with Gasteiger partial charge in [-0.1, -0.05) is 0 Å². The smallest absolute Gasteiger partial charge is 0.306 e. The van der Waals surface area contributed by atoms with E-state index in [1.807, 2.05) is 4.90 Å². The van der Waals surface area contributed by atoms with Crippen LogP contribution in [0.4, 0.5) is 14.6 Å². The van der Waals surface area contributed by atoms with E-state index < -0.39 is 11.6 Å². The van der Waals surface area contributed by atoms with Crippen LogP contribution in [-0.4, -0.2) is 57.6 Å². The number of hydrogen-bond donors (Lipinski definition) is 0. The number of anilines is 1. The molecule has 1 aromatic carbocycles. The third-order valence-electron chi connectivity index (χ3n) is 7.11. The van der Waals surface area contributed by atoms with Crippen molar-refractivity contribution < 1.29 is 23.1 Å². The van der Waals surface area contributed by atoms with E-state index in [0.717, 1.165) is 31.4 Å². The second kappa shape index (κ2) is 10.2. The van der Waals surface area contributed by atoms with Gasteiger partial charge in [-0.25, -0.2) is 18.3 Å². The monoisotopic (exact) mass is 497 g/mol. The van der Waals surface area contributed by atoms with Gasteiger partial charge in [0.1, 0.15) is 23.0 Å². The van der Waals surface area contributed by atoms with E-state index in [-0.39, 0.29) is 23.8 Å². The second-order valence-electron chi connectivity index (χ2n) is 9.37. The van der Waals surface area contributed by atoms with E-state index in [4.69, 9.17) is 9.72 Å². The molecule has 0 unspecified atom stereocenters. The number of likely N-dealkylation sites (tertiary alicyclic amines) is 1. The molecule has 0 aliphatic carbocycles. The zero-order chi connectivity index (χ0) is 25.2. The zero-order valence-electron chi connectivity index (χ0n) is 20.2. The van der Waals surface area contributed by atoms with Crippen molar-refractivity contribution in [3.8, 4) is 0 Å². The van der Waals surface area contributed by atoms with E-state index in [0.29, 0.717) is 61.7 Å². The number of nitrogens with zero attached hydrogens (tertiary/aromatic N) is 5. The first-order valence-corrected chi connectivity index (χ1v) is 12.5. The number of esters is 1. The topological polar surface area (TPSA) is 80.0 Å². The van der Waals surface area contributed by atoms with Gasteiger partial charge in [0, 0.05) is 37.8 Å². The molecule has 8 nitrogen and oxygen atoms in total. The Balaban J connectivity index is 1.34. The molecule has 0 radical (unpaired) electrons. The van der Waals surface area contributed by atoms with E-state index >= 15 is 0 Å². The first kappa shape index (κ1) is 24.1. The Morgan fingerprint density at radius 3 is 2.69 bits per heavy atom. The summed E-state index contributed by atoms with van der Waals surface area (Å²) in [6.07, 6.45) is 6.59. The molecule has 0 N–H and O–H groups in total. The standard InChI is InChI=1S/C26H29F2N5O3/c1-2-36-24(34)14-17-7-11-31(12-8-17)26(35)20-16-29-33-13-9-23(30-25(20)33)32-10-3-4-22(32)19-15-18(27)5-6-21(19)28/h5-6,9,13,15-17,22H,2-4,7-8,10-12,14H2,1H3/t22-/m1/s1. The van der Waals surface area contributed by atoms with Crippen LogP contribution in [0, 0.1) is 17.6 Å². The van der Waals surface area contributed by atoms with E-state index in [1.165, 1.54) is 12.3 Å². The molecule has 10 heteroatoms. The summed E-state index contributed by atoms with van der Waals surface area (Å²) in [7, 11) is 0. The number of ether oxygens (including phenoxy) is 1. The van der Waals surface area contributed by atoms with Gasteiger partial charge in [0.15, 0.2) is 5.65 Å². The summed E-state index contributed by atoms with van der Waals surface area (Å²) < 4.78 is 35.0. The number of halogens is 2. The minimum atomic E-state index is -0.476. The maximum Gasteiger partial charge on any atom is 0.306 e. The van der Waals surface area contributed by atoms with Gasteiger partial charge in [0.25, 0.3) is 5.91 Å². The second-order valence-corrected chi connectivity index (χ2v) is 9.37. The Kier molecular flexibility index (Phi) is 6.84. The van der Waals surface area contributed by atoms with Crippen molar-refractivity contribution in [2.75, 3.05) is 31.1 Å². The molecular formula is C26H29F2N5O3. The molecule has 1 atom stereocenters. The Morgan fingerprint density at radius 2 is 1.92 bits per heavy atom. The van der Waals surface area contributed by atoms with Crippen LogP contribution in [-0.2, 0) is 9.53 Å². The number of benzene rings is 1. The molecule has 190 valence electrons. The fraction of sp³-hybridized carbons (Fsp3) is 0.462. The molecular weight excluding hydrogens is 468 g/mol. The first-order valence-electron chi connectivity index (χ1n) is 12.5. The Labute approximate surface area is 207 Å². The van der Waals surface area contributed by atoms with Crippen molar-refractivity contribution in [2.45, 2.75) is 45.1 Å². The lowest BCUT2D eigenvalue weighted by Crippen LogP contribution is -2.39. The van der Waals surface area contributed by atoms with Gasteiger partial charge >= 0.3 is 5.97 Å². The lowest BCUT2D eigenvalue weighted by molar-refractivity contribution is -0.144. The highest BCUT2D eigenvalue weighted by Gasteiger charge is 2.31. The molecule has 2 aliphatic rings. The van der Waals surface area contributed by atoms with Crippen LogP contribution in [0.15, 0.2) is 36.7 Å². The normalized spacial score (nSPS) is 18.7. The van der Waals surface area contributed by atoms with Crippen LogP contribution >= 0.6 is 0 Å². The van der Waals surface area contributed by atoms with Crippen LogP contribution in [0.3, 0.4) is 0 Å². The fourth-order valence-electron chi connectivity index (χ4n) is 5.27. The molecule has 2 aliphatic heterocycles. The highest BCUT2D eigenvalue weighted by Crippen LogP contribution is 2.37. The number of hydrogen-bond acceptors (Lipinski definition) is 6. The summed E-state index contributed by atoms with van der Waals surface area (Å²) in [4.78, 5) is 33.6. The predicted molar refractivity (Wildman–Crippen MR) is 129 cm³/mol. The summed E-state index contributed by atoms with van der Waals surface area (Å²) in [6, 6.07) is 4.96. The average molecular weight is 498 g/mol.